The molecule has 0 radical (unpaired) electrons. The second kappa shape index (κ2) is 11.1. The number of hydrogen-bond donors (Lipinski definition) is 2. The Hall–Kier alpha value is -3.81. The van der Waals surface area contributed by atoms with Crippen molar-refractivity contribution in [3.05, 3.63) is 83.7 Å². The molecule has 35 heavy (non-hydrogen) atoms. The van der Waals surface area contributed by atoms with Gasteiger partial charge in [0.15, 0.2) is 5.76 Å². The molecule has 0 unspecified atom stereocenters. The zero-order valence-electron chi connectivity index (χ0n) is 20.8. The van der Waals surface area contributed by atoms with Crippen LogP contribution < -0.4 is 10.6 Å². The van der Waals surface area contributed by atoms with Crippen molar-refractivity contribution in [2.45, 2.75) is 58.7 Å². The van der Waals surface area contributed by atoms with Crippen LogP contribution in [0.4, 0.5) is 0 Å². The van der Waals surface area contributed by atoms with Gasteiger partial charge in [-0.1, -0.05) is 38.1 Å². The molecule has 0 fully saturated rings. The molecular formula is C27H33N3O5. The van der Waals surface area contributed by atoms with E-state index in [4.69, 9.17) is 8.83 Å². The Kier molecular flexibility index (Phi) is 8.17. The lowest BCUT2D eigenvalue weighted by Crippen LogP contribution is -2.50. The molecule has 2 aromatic heterocycles. The molecule has 1 atom stereocenters. The molecule has 0 aliphatic heterocycles. The summed E-state index contributed by atoms with van der Waals surface area (Å²) in [5, 5.41) is 5.57. The first-order valence-electron chi connectivity index (χ1n) is 11.6. The Morgan fingerprint density at radius 1 is 0.914 bits per heavy atom. The van der Waals surface area contributed by atoms with Gasteiger partial charge in [-0.3, -0.25) is 14.4 Å². The molecule has 3 aromatic rings. The molecule has 2 N–H and O–H groups in total. The lowest BCUT2D eigenvalue weighted by Gasteiger charge is -2.33. The standard InChI is InChI=1S/C27H33N3O5/c1-18(2)19-10-12-20(13-11-19)24(26(33)29-27(3,4)5)30(17-21-8-6-14-34-21)23(31)16-28-25(32)22-9-7-15-35-22/h6-15,18,24H,16-17H2,1-5H3,(H,28,32)(H,29,33)/t24-/m0/s1. The van der Waals surface area contributed by atoms with Gasteiger partial charge in [0.25, 0.3) is 5.91 Å². The Balaban J connectivity index is 1.94. The molecule has 8 nitrogen and oxygen atoms in total. The predicted molar refractivity (Wildman–Crippen MR) is 131 cm³/mol. The molecule has 3 rings (SSSR count). The SMILES string of the molecule is CC(C)c1ccc([C@@H](C(=O)NC(C)(C)C)N(Cc2ccco2)C(=O)CNC(=O)c2ccco2)cc1. The lowest BCUT2D eigenvalue weighted by atomic mass is 9.97. The van der Waals surface area contributed by atoms with Gasteiger partial charge in [-0.05, 0) is 62.1 Å². The minimum Gasteiger partial charge on any atom is -0.467 e. The third-order valence-corrected chi connectivity index (χ3v) is 5.35. The molecule has 3 amide bonds. The number of carbonyl (C=O) groups is 3. The number of nitrogens with zero attached hydrogens (tertiary/aromatic N) is 1. The monoisotopic (exact) mass is 479 g/mol. The number of rotatable bonds is 9. The molecular weight excluding hydrogens is 446 g/mol. The quantitative estimate of drug-likeness (QED) is 0.473. The number of amides is 3. The highest BCUT2D eigenvalue weighted by atomic mass is 16.3. The van der Waals surface area contributed by atoms with E-state index in [1.165, 1.54) is 23.5 Å². The van der Waals surface area contributed by atoms with E-state index in [-0.39, 0.29) is 24.8 Å². The van der Waals surface area contributed by atoms with Crippen molar-refractivity contribution in [2.75, 3.05) is 6.54 Å². The van der Waals surface area contributed by atoms with E-state index in [2.05, 4.69) is 24.5 Å². The van der Waals surface area contributed by atoms with Crippen LogP contribution in [0.5, 0.6) is 0 Å². The number of hydrogen-bond acceptors (Lipinski definition) is 5. The fraction of sp³-hybridized carbons (Fsp3) is 0.370. The summed E-state index contributed by atoms with van der Waals surface area (Å²) in [7, 11) is 0. The number of benzene rings is 1. The van der Waals surface area contributed by atoms with Crippen LogP contribution in [0.25, 0.3) is 0 Å². The van der Waals surface area contributed by atoms with Crippen molar-refractivity contribution in [3.8, 4) is 0 Å². The van der Waals surface area contributed by atoms with Crippen LogP contribution in [0.1, 0.15) is 74.0 Å². The van der Waals surface area contributed by atoms with Crippen molar-refractivity contribution in [2.24, 2.45) is 0 Å². The summed E-state index contributed by atoms with van der Waals surface area (Å²) < 4.78 is 10.6. The molecule has 8 heteroatoms. The van der Waals surface area contributed by atoms with Gasteiger partial charge in [-0.2, -0.15) is 0 Å². The maximum Gasteiger partial charge on any atom is 0.287 e. The summed E-state index contributed by atoms with van der Waals surface area (Å²) >= 11 is 0. The normalized spacial score (nSPS) is 12.3. The second-order valence-corrected chi connectivity index (χ2v) is 9.72. The van der Waals surface area contributed by atoms with Crippen molar-refractivity contribution < 1.29 is 23.2 Å². The first-order chi connectivity index (χ1) is 16.5. The van der Waals surface area contributed by atoms with Crippen LogP contribution in [0, 0.1) is 0 Å². The van der Waals surface area contributed by atoms with Gasteiger partial charge >= 0.3 is 0 Å². The highest BCUT2D eigenvalue weighted by Crippen LogP contribution is 2.27. The smallest absolute Gasteiger partial charge is 0.287 e. The molecule has 0 bridgehead atoms. The van der Waals surface area contributed by atoms with E-state index in [0.717, 1.165) is 5.56 Å². The largest absolute Gasteiger partial charge is 0.467 e. The molecule has 2 heterocycles. The summed E-state index contributed by atoms with van der Waals surface area (Å²) in [5.41, 5.74) is 1.27. The topological polar surface area (TPSA) is 105 Å². The van der Waals surface area contributed by atoms with Crippen LogP contribution in [0.2, 0.25) is 0 Å². The van der Waals surface area contributed by atoms with Gasteiger partial charge in [0.1, 0.15) is 11.8 Å². The number of nitrogens with one attached hydrogen (secondary N) is 2. The molecule has 0 aliphatic rings. The summed E-state index contributed by atoms with van der Waals surface area (Å²) in [6.07, 6.45) is 2.89. The molecule has 0 aliphatic carbocycles. The Morgan fingerprint density at radius 2 is 1.54 bits per heavy atom. The molecule has 1 aromatic carbocycles. The summed E-state index contributed by atoms with van der Waals surface area (Å²) in [5.74, 6) is -0.345. The Labute approximate surface area is 205 Å². The minimum atomic E-state index is -0.937. The fourth-order valence-electron chi connectivity index (χ4n) is 3.62. The highest BCUT2D eigenvalue weighted by molar-refractivity contribution is 5.95. The van der Waals surface area contributed by atoms with Gasteiger partial charge in [0.05, 0.1) is 25.6 Å². The summed E-state index contributed by atoms with van der Waals surface area (Å²) in [4.78, 5) is 40.8. The average Bonchev–Trinajstić information content (AvgIpc) is 3.50. The number of furan rings is 2. The number of carbonyl (C=O) groups excluding carboxylic acids is 3. The lowest BCUT2D eigenvalue weighted by molar-refractivity contribution is -0.141. The molecule has 0 saturated carbocycles. The third-order valence-electron chi connectivity index (χ3n) is 5.35. The Morgan fingerprint density at radius 3 is 2.09 bits per heavy atom. The van der Waals surface area contributed by atoms with E-state index in [1.54, 1.807) is 18.2 Å². The van der Waals surface area contributed by atoms with Crippen molar-refractivity contribution in [1.82, 2.24) is 15.5 Å². The molecule has 186 valence electrons. The van der Waals surface area contributed by atoms with Gasteiger partial charge < -0.3 is 24.4 Å². The zero-order valence-corrected chi connectivity index (χ0v) is 20.8. The highest BCUT2D eigenvalue weighted by Gasteiger charge is 2.34. The van der Waals surface area contributed by atoms with Gasteiger partial charge in [0.2, 0.25) is 11.8 Å². The van der Waals surface area contributed by atoms with Crippen LogP contribution in [0.15, 0.2) is 69.9 Å². The predicted octanol–water partition coefficient (Wildman–Crippen LogP) is 4.41. The van der Waals surface area contributed by atoms with Crippen LogP contribution >= 0.6 is 0 Å². The van der Waals surface area contributed by atoms with E-state index in [9.17, 15) is 14.4 Å². The average molecular weight is 480 g/mol. The molecule has 0 spiro atoms. The van der Waals surface area contributed by atoms with E-state index in [1.807, 2.05) is 45.0 Å². The first-order valence-corrected chi connectivity index (χ1v) is 11.6. The Bertz CT molecular complexity index is 1110. The van der Waals surface area contributed by atoms with E-state index >= 15 is 0 Å². The van der Waals surface area contributed by atoms with Crippen LogP contribution in [0.3, 0.4) is 0 Å². The van der Waals surface area contributed by atoms with Gasteiger partial charge in [0, 0.05) is 5.54 Å². The van der Waals surface area contributed by atoms with E-state index < -0.39 is 23.4 Å². The summed E-state index contributed by atoms with van der Waals surface area (Å²) in [6.45, 7) is 9.56. The maximum absolute atomic E-state index is 13.5. The van der Waals surface area contributed by atoms with Gasteiger partial charge in [-0.25, -0.2) is 0 Å². The van der Waals surface area contributed by atoms with Gasteiger partial charge in [-0.15, -0.1) is 0 Å². The molecule has 0 saturated heterocycles. The first kappa shape index (κ1) is 25.8. The van der Waals surface area contributed by atoms with Crippen LogP contribution in [-0.4, -0.2) is 34.7 Å². The maximum atomic E-state index is 13.5. The third kappa shape index (κ3) is 7.09. The zero-order chi connectivity index (χ0) is 25.6. The minimum absolute atomic E-state index is 0.0522. The second-order valence-electron chi connectivity index (χ2n) is 9.72. The van der Waals surface area contributed by atoms with E-state index in [0.29, 0.717) is 17.2 Å². The van der Waals surface area contributed by atoms with Crippen LogP contribution in [-0.2, 0) is 16.1 Å². The summed E-state index contributed by atoms with van der Waals surface area (Å²) in [6, 6.07) is 13.3. The fourth-order valence-corrected chi connectivity index (χ4v) is 3.62. The van der Waals surface area contributed by atoms with Crippen molar-refractivity contribution >= 4 is 17.7 Å². The van der Waals surface area contributed by atoms with Crippen molar-refractivity contribution in [3.63, 3.8) is 0 Å². The van der Waals surface area contributed by atoms with Crippen molar-refractivity contribution in [1.29, 1.82) is 0 Å².